The van der Waals surface area contributed by atoms with Gasteiger partial charge < -0.3 is 25.6 Å². The monoisotopic (exact) mass is 521 g/mol. The molecule has 9 nitrogen and oxygen atoms in total. The lowest BCUT2D eigenvalue weighted by molar-refractivity contribution is 0.0644. The first kappa shape index (κ1) is 28.3. The van der Waals surface area contributed by atoms with Crippen LogP contribution in [0.2, 0.25) is 0 Å². The van der Waals surface area contributed by atoms with Gasteiger partial charge >= 0.3 is 6.09 Å². The van der Waals surface area contributed by atoms with Gasteiger partial charge in [-0.1, -0.05) is 63.3 Å². The van der Waals surface area contributed by atoms with E-state index in [4.69, 9.17) is 15.2 Å². The van der Waals surface area contributed by atoms with Crippen LogP contribution in [-0.4, -0.2) is 74.5 Å². The summed E-state index contributed by atoms with van der Waals surface area (Å²) in [5.74, 6) is -0.111. The summed E-state index contributed by atoms with van der Waals surface area (Å²) < 4.78 is 39.1. The number of alkyl carbamates (subject to hydrolysis) is 1. The number of sulfonamides is 1. The second-order valence-corrected chi connectivity index (χ2v) is 11.9. The van der Waals surface area contributed by atoms with E-state index >= 15 is 0 Å². The quantitative estimate of drug-likeness (QED) is 0.407. The molecule has 2 unspecified atom stereocenters. The van der Waals surface area contributed by atoms with Gasteiger partial charge in [0.05, 0.1) is 30.3 Å². The molecule has 1 aliphatic heterocycles. The van der Waals surface area contributed by atoms with Crippen molar-refractivity contribution in [3.8, 4) is 0 Å². The first-order chi connectivity index (χ1) is 17.1. The third-order valence-corrected chi connectivity index (χ3v) is 8.19. The molecule has 1 amide bonds. The minimum absolute atomic E-state index is 0.0210. The van der Waals surface area contributed by atoms with E-state index in [1.807, 2.05) is 51.1 Å². The summed E-state index contributed by atoms with van der Waals surface area (Å²) in [5, 5.41) is 14.0. The normalized spacial score (nSPS) is 24.0. The summed E-state index contributed by atoms with van der Waals surface area (Å²) in [6, 6.07) is 8.39. The van der Waals surface area contributed by atoms with Crippen molar-refractivity contribution in [2.24, 2.45) is 17.6 Å². The molecule has 1 fully saturated rings. The highest BCUT2D eigenvalue weighted by molar-refractivity contribution is 7.93. The van der Waals surface area contributed by atoms with Crippen LogP contribution in [0.25, 0.3) is 0 Å². The number of nitrogens with one attached hydrogen (secondary N) is 1. The van der Waals surface area contributed by atoms with Crippen molar-refractivity contribution in [3.63, 3.8) is 0 Å². The van der Waals surface area contributed by atoms with Gasteiger partial charge in [-0.05, 0) is 29.9 Å². The van der Waals surface area contributed by atoms with Crippen LogP contribution in [0.5, 0.6) is 0 Å². The number of amides is 1. The molecule has 1 saturated heterocycles. The summed E-state index contributed by atoms with van der Waals surface area (Å²) in [7, 11) is -3.89. The van der Waals surface area contributed by atoms with Crippen molar-refractivity contribution in [2.45, 2.75) is 57.9 Å². The highest BCUT2D eigenvalue weighted by Crippen LogP contribution is 2.24. The Bertz CT molecular complexity index is 1020. The molecule has 0 aromatic heterocycles. The summed E-state index contributed by atoms with van der Waals surface area (Å²) in [6.45, 7) is 6.60. The second kappa shape index (κ2) is 12.8. The Hall–Kier alpha value is -2.24. The van der Waals surface area contributed by atoms with Gasteiger partial charge in [0.25, 0.3) is 0 Å². The zero-order valence-electron chi connectivity index (χ0n) is 21.2. The molecule has 36 heavy (non-hydrogen) atoms. The van der Waals surface area contributed by atoms with E-state index in [0.717, 1.165) is 5.56 Å². The molecule has 10 heteroatoms. The van der Waals surface area contributed by atoms with Crippen LogP contribution >= 0.6 is 0 Å². The Morgan fingerprint density at radius 1 is 1.28 bits per heavy atom. The van der Waals surface area contributed by atoms with Crippen LogP contribution in [0.3, 0.4) is 0 Å². The summed E-state index contributed by atoms with van der Waals surface area (Å²) >= 11 is 0. The number of hydrogen-bond acceptors (Lipinski definition) is 7. The van der Waals surface area contributed by atoms with Crippen molar-refractivity contribution < 1.29 is 27.8 Å². The molecule has 2 aliphatic rings. The molecule has 3 rings (SSSR count). The van der Waals surface area contributed by atoms with E-state index in [2.05, 4.69) is 5.32 Å². The molecule has 5 atom stereocenters. The lowest BCUT2D eigenvalue weighted by Crippen LogP contribution is -2.51. The number of hydrogen-bond donors (Lipinski definition) is 3. The van der Waals surface area contributed by atoms with Gasteiger partial charge in [0.2, 0.25) is 10.0 Å². The van der Waals surface area contributed by atoms with Gasteiger partial charge in [-0.3, -0.25) is 0 Å². The molecule has 1 aromatic rings. The number of nitrogens with two attached hydrogens (primary N) is 1. The van der Waals surface area contributed by atoms with Gasteiger partial charge in [-0.15, -0.1) is 0 Å². The lowest BCUT2D eigenvalue weighted by atomic mass is 9.98. The van der Waals surface area contributed by atoms with Gasteiger partial charge in [0, 0.05) is 25.6 Å². The molecule has 1 aliphatic carbocycles. The van der Waals surface area contributed by atoms with E-state index in [9.17, 15) is 18.3 Å². The van der Waals surface area contributed by atoms with Gasteiger partial charge in [0.1, 0.15) is 6.10 Å². The first-order valence-electron chi connectivity index (χ1n) is 12.5. The molecular weight excluding hydrogens is 482 g/mol. The third-order valence-electron chi connectivity index (χ3n) is 6.34. The number of carbonyl (C=O) groups excluding carboxylic acids is 1. The summed E-state index contributed by atoms with van der Waals surface area (Å²) in [4.78, 5) is 12.8. The Morgan fingerprint density at radius 3 is 2.61 bits per heavy atom. The minimum Gasteiger partial charge on any atom is -0.444 e. The molecule has 1 aromatic carbocycles. The zero-order valence-corrected chi connectivity index (χ0v) is 22.1. The van der Waals surface area contributed by atoms with Gasteiger partial charge in [-0.2, -0.15) is 4.31 Å². The average Bonchev–Trinajstić information content (AvgIpc) is 3.33. The fourth-order valence-corrected chi connectivity index (χ4v) is 6.01. The average molecular weight is 522 g/mol. The van der Waals surface area contributed by atoms with Crippen molar-refractivity contribution >= 4 is 16.1 Å². The number of aliphatic hydroxyl groups excluding tert-OH is 1. The number of nitrogens with zero attached hydrogens (tertiary/aromatic N) is 1. The maximum Gasteiger partial charge on any atom is 0.407 e. The molecule has 0 spiro atoms. The molecule has 200 valence electrons. The Balaban J connectivity index is 1.80. The van der Waals surface area contributed by atoms with E-state index in [-0.39, 0.29) is 42.0 Å². The lowest BCUT2D eigenvalue weighted by Gasteiger charge is -2.31. The molecule has 4 N–H and O–H groups in total. The molecular formula is C26H39N3O6S. The largest absolute Gasteiger partial charge is 0.444 e. The van der Waals surface area contributed by atoms with E-state index in [1.54, 1.807) is 12.2 Å². The van der Waals surface area contributed by atoms with Crippen molar-refractivity contribution in [3.05, 3.63) is 59.0 Å². The number of carbonyl (C=O) groups is 1. The maximum absolute atomic E-state index is 13.6. The Morgan fingerprint density at radius 2 is 2.00 bits per heavy atom. The smallest absolute Gasteiger partial charge is 0.407 e. The molecule has 0 radical (unpaired) electrons. The summed E-state index contributed by atoms with van der Waals surface area (Å²) in [6.07, 6.45) is 3.61. The topological polar surface area (TPSA) is 131 Å². The highest BCUT2D eigenvalue weighted by atomic mass is 32.2. The highest BCUT2D eigenvalue weighted by Gasteiger charge is 2.33. The van der Waals surface area contributed by atoms with Crippen LogP contribution in [0.15, 0.2) is 53.5 Å². The summed E-state index contributed by atoms with van der Waals surface area (Å²) in [5.41, 5.74) is 6.89. The predicted octanol–water partition coefficient (Wildman–Crippen LogP) is 2.18. The van der Waals surface area contributed by atoms with Crippen molar-refractivity contribution in [2.75, 3.05) is 26.3 Å². The number of rotatable bonds is 11. The zero-order chi connectivity index (χ0) is 26.3. The van der Waals surface area contributed by atoms with Crippen LogP contribution in [0.1, 0.15) is 32.8 Å². The number of aliphatic hydroxyl groups is 1. The molecule has 0 bridgehead atoms. The SMILES string of the molecule is CC(C)CN(C[C@@H](O)[C@H](Cc1ccccc1)NC(=O)O[C@H]1CCOC1)S(=O)(=O)C1=CC(C)C(N)C=C1. The predicted molar refractivity (Wildman–Crippen MR) is 138 cm³/mol. The van der Waals surface area contributed by atoms with Crippen LogP contribution < -0.4 is 11.1 Å². The Kier molecular flexibility index (Phi) is 10.1. The molecule has 0 saturated carbocycles. The minimum atomic E-state index is -3.89. The standard InChI is InChI=1S/C26H39N3O6S/c1-18(2)15-29(36(32,33)22-9-10-23(27)19(3)13-22)16-25(30)24(14-20-7-5-4-6-8-20)28-26(31)35-21-11-12-34-17-21/h4-10,13,18-19,21,23-25,30H,11-12,14-17,27H2,1-3H3,(H,28,31)/t19?,21-,23?,24-,25+/m0/s1. The van der Waals surface area contributed by atoms with Crippen LogP contribution in [0.4, 0.5) is 4.79 Å². The molecule has 1 heterocycles. The number of allylic oxidation sites excluding steroid dienone is 1. The van der Waals surface area contributed by atoms with Crippen LogP contribution in [0, 0.1) is 11.8 Å². The second-order valence-electron chi connectivity index (χ2n) is 9.98. The fraction of sp³-hybridized carbons (Fsp3) is 0.577. The van der Waals surface area contributed by atoms with E-state index in [0.29, 0.717) is 26.1 Å². The van der Waals surface area contributed by atoms with E-state index in [1.165, 1.54) is 10.4 Å². The van der Waals surface area contributed by atoms with Crippen molar-refractivity contribution in [1.29, 1.82) is 0 Å². The van der Waals surface area contributed by atoms with Crippen LogP contribution in [-0.2, 0) is 25.9 Å². The number of benzene rings is 1. The Labute approximate surface area is 214 Å². The number of ether oxygens (including phenoxy) is 2. The fourth-order valence-electron chi connectivity index (χ4n) is 4.24. The van der Waals surface area contributed by atoms with Gasteiger partial charge in [0.15, 0.2) is 0 Å². The van der Waals surface area contributed by atoms with E-state index < -0.39 is 28.3 Å². The maximum atomic E-state index is 13.6. The van der Waals surface area contributed by atoms with Crippen molar-refractivity contribution in [1.82, 2.24) is 9.62 Å². The van der Waals surface area contributed by atoms with Gasteiger partial charge in [-0.25, -0.2) is 13.2 Å². The third kappa shape index (κ3) is 7.88. The first-order valence-corrected chi connectivity index (χ1v) is 13.9.